The number of hydrogen-bond donors (Lipinski definition) is 0. The van der Waals surface area contributed by atoms with E-state index in [-0.39, 0.29) is 22.6 Å². The first-order valence-corrected chi connectivity index (χ1v) is 10.1. The molecule has 2 radical (unpaired) electrons. The van der Waals surface area contributed by atoms with Crippen molar-refractivity contribution in [1.82, 2.24) is 0 Å². The number of ketones is 1. The van der Waals surface area contributed by atoms with Gasteiger partial charge >= 0.3 is 22.6 Å². The largest absolute Gasteiger partial charge is 0.0622 e. The van der Waals surface area contributed by atoms with E-state index in [1.165, 1.54) is 15.9 Å². The van der Waals surface area contributed by atoms with Gasteiger partial charge in [-0.1, -0.05) is 97.1 Å². The molecule has 0 atom stereocenters. The van der Waals surface area contributed by atoms with Crippen molar-refractivity contribution in [2.24, 2.45) is 0 Å². The maximum Gasteiger partial charge on any atom is 0 e. The summed E-state index contributed by atoms with van der Waals surface area (Å²) >= 11 is 0. The normalized spacial score (nSPS) is 10.8. The molecule has 0 heterocycles. The zero-order valence-corrected chi connectivity index (χ0v) is 18.0. The van der Waals surface area contributed by atoms with E-state index in [1.54, 1.807) is 12.2 Å². The van der Waals surface area contributed by atoms with Gasteiger partial charge in [0, 0.05) is 23.2 Å². The summed E-state index contributed by atoms with van der Waals surface area (Å²) in [6, 6.07) is 32.3. The van der Waals surface area contributed by atoms with Crippen LogP contribution in [0.5, 0.6) is 0 Å². The second-order valence-corrected chi connectivity index (χ2v) is 7.83. The van der Waals surface area contributed by atoms with Crippen LogP contribution in [0.4, 0.5) is 0 Å². The van der Waals surface area contributed by atoms with E-state index in [0.717, 1.165) is 0 Å². The summed E-state index contributed by atoms with van der Waals surface area (Å²) in [5.74, 6) is 0.218. The Morgan fingerprint density at radius 3 is 1.17 bits per heavy atom. The van der Waals surface area contributed by atoms with E-state index < -0.39 is 7.92 Å². The molecule has 152 valence electrons. The van der Waals surface area contributed by atoms with E-state index in [2.05, 4.69) is 104 Å². The molecule has 0 N–H and O–H groups in total. The standard InChI is InChI=1S/C18H15P.C5H5O.2CO.Co/c1-4-10-16(11-5-1)19(17-12-6-2-7-13-17)18-14-8-3-9-15-18;6-5-3-1-2-4-5;2*1-2;/h1-15H;1-3H,4H2;;;. The molecule has 3 nitrogen and oxygen atoms in total. The molecule has 0 aliphatic heterocycles. The molecular weight excluding hydrogens is 438 g/mol. The van der Waals surface area contributed by atoms with Crippen molar-refractivity contribution in [3.8, 4) is 0 Å². The molecule has 3 aromatic rings. The molecule has 0 saturated carbocycles. The molecule has 3 aromatic carbocycles. The Hall–Kier alpha value is -2.51. The zero-order chi connectivity index (χ0) is 21.3. The van der Waals surface area contributed by atoms with Crippen LogP contribution in [0, 0.1) is 19.7 Å². The minimum absolute atomic E-state index is 0. The fourth-order valence-corrected chi connectivity index (χ4v) is 4.91. The maximum atomic E-state index is 10.1. The molecular formula is C25H20CoO3P. The average Bonchev–Trinajstić information content (AvgIpc) is 3.30. The van der Waals surface area contributed by atoms with Crippen LogP contribution in [-0.2, 0) is 30.9 Å². The summed E-state index contributed by atoms with van der Waals surface area (Å²) in [4.78, 5) is 10.1. The van der Waals surface area contributed by atoms with E-state index in [4.69, 9.17) is 9.30 Å². The minimum atomic E-state index is -0.446. The number of carbonyl (C=O) groups excluding carboxylic acids is 1. The maximum absolute atomic E-state index is 10.1. The van der Waals surface area contributed by atoms with Crippen molar-refractivity contribution in [3.63, 3.8) is 0 Å². The van der Waals surface area contributed by atoms with Gasteiger partial charge in [-0.2, -0.15) is 0 Å². The third kappa shape index (κ3) is 9.32. The van der Waals surface area contributed by atoms with Gasteiger partial charge < -0.3 is 0 Å². The van der Waals surface area contributed by atoms with Gasteiger partial charge in [0.25, 0.3) is 0 Å². The first-order chi connectivity index (χ1) is 14.3. The van der Waals surface area contributed by atoms with Crippen LogP contribution in [0.15, 0.2) is 103 Å². The molecule has 30 heavy (non-hydrogen) atoms. The number of allylic oxidation sites excluding steroid dienone is 2. The Morgan fingerprint density at radius 1 is 0.633 bits per heavy atom. The third-order valence-corrected chi connectivity index (χ3v) is 6.22. The zero-order valence-electron chi connectivity index (χ0n) is 16.1. The molecule has 0 bridgehead atoms. The number of hydrogen-bond acceptors (Lipinski definition) is 1. The molecule has 1 aliphatic rings. The van der Waals surface area contributed by atoms with Crippen LogP contribution >= 0.6 is 7.92 Å². The number of benzene rings is 3. The van der Waals surface area contributed by atoms with Crippen molar-refractivity contribution >= 4 is 29.6 Å². The van der Waals surface area contributed by atoms with Crippen LogP contribution in [0.2, 0.25) is 0 Å². The van der Waals surface area contributed by atoms with E-state index >= 15 is 0 Å². The van der Waals surface area contributed by atoms with Gasteiger partial charge in [-0.25, -0.2) is 0 Å². The summed E-state index contributed by atoms with van der Waals surface area (Å²) in [6.45, 7) is 9.00. The van der Waals surface area contributed by atoms with Gasteiger partial charge in [-0.3, -0.25) is 4.79 Å². The predicted molar refractivity (Wildman–Crippen MR) is 116 cm³/mol. The van der Waals surface area contributed by atoms with E-state index in [0.29, 0.717) is 6.42 Å². The fourth-order valence-electron chi connectivity index (χ4n) is 2.61. The van der Waals surface area contributed by atoms with Crippen LogP contribution < -0.4 is 15.9 Å². The van der Waals surface area contributed by atoms with Gasteiger partial charge in [-0.15, -0.1) is 0 Å². The molecule has 0 spiro atoms. The summed E-state index contributed by atoms with van der Waals surface area (Å²) in [5.41, 5.74) is 0. The Kier molecular flexibility index (Phi) is 15.9. The third-order valence-electron chi connectivity index (χ3n) is 3.78. The monoisotopic (exact) mass is 458 g/mol. The first-order valence-electron chi connectivity index (χ1n) is 8.73. The quantitative estimate of drug-likeness (QED) is 0.332. The van der Waals surface area contributed by atoms with Gasteiger partial charge in [0.2, 0.25) is 0 Å². The molecule has 1 aliphatic carbocycles. The molecule has 0 saturated heterocycles. The van der Waals surface area contributed by atoms with Gasteiger partial charge in [0.05, 0.1) is 0 Å². The first kappa shape index (κ1) is 27.5. The van der Waals surface area contributed by atoms with Gasteiger partial charge in [-0.05, 0) is 36.3 Å². The second kappa shape index (κ2) is 17.4. The molecule has 4 rings (SSSR count). The fraction of sp³-hybridized carbons (Fsp3) is 0.0400. The van der Waals surface area contributed by atoms with Gasteiger partial charge in [0.1, 0.15) is 0 Å². The smallest absolute Gasteiger partial charge is 0 e. The minimum Gasteiger partial charge on any atom is -0.0622 e. The van der Waals surface area contributed by atoms with E-state index in [1.807, 2.05) is 6.42 Å². The summed E-state index contributed by atoms with van der Waals surface area (Å²) in [7, 11) is -0.446. The van der Waals surface area contributed by atoms with Gasteiger partial charge in [0.15, 0.2) is 5.78 Å². The summed E-state index contributed by atoms with van der Waals surface area (Å²) in [6.07, 6.45) is 5.82. The van der Waals surface area contributed by atoms with Crippen molar-refractivity contribution in [2.75, 3.05) is 0 Å². The van der Waals surface area contributed by atoms with Crippen LogP contribution in [0.3, 0.4) is 0 Å². The van der Waals surface area contributed by atoms with Crippen molar-refractivity contribution < 1.29 is 30.9 Å². The molecule has 0 amide bonds. The van der Waals surface area contributed by atoms with Crippen LogP contribution in [0.1, 0.15) is 6.42 Å². The number of carbonyl (C=O) groups is 1. The summed E-state index contributed by atoms with van der Waals surface area (Å²) in [5, 5.41) is 4.19. The molecule has 0 fully saturated rings. The SMILES string of the molecule is O=C1C=C[CH]C1.[C-]#[O+].[C-]#[O+].[Co].c1ccc(P(c2ccccc2)c2ccccc2)cc1. The van der Waals surface area contributed by atoms with Crippen molar-refractivity contribution in [2.45, 2.75) is 6.42 Å². The van der Waals surface area contributed by atoms with Crippen molar-refractivity contribution in [3.05, 3.63) is 123 Å². The Morgan fingerprint density at radius 2 is 0.967 bits per heavy atom. The Balaban J connectivity index is 0.000000647. The predicted octanol–water partition coefficient (Wildman–Crippen LogP) is 4.09. The van der Waals surface area contributed by atoms with Crippen LogP contribution in [0.25, 0.3) is 0 Å². The topological polar surface area (TPSA) is 56.9 Å². The average molecular weight is 458 g/mol. The van der Waals surface area contributed by atoms with Crippen LogP contribution in [-0.4, -0.2) is 5.78 Å². The Bertz CT molecular complexity index is 807. The number of rotatable bonds is 3. The summed E-state index contributed by atoms with van der Waals surface area (Å²) < 4.78 is 15.0. The molecule has 0 aromatic heterocycles. The Labute approximate surface area is 189 Å². The molecule has 0 unspecified atom stereocenters. The van der Waals surface area contributed by atoms with Crippen molar-refractivity contribution in [1.29, 1.82) is 0 Å². The molecule has 5 heteroatoms. The van der Waals surface area contributed by atoms with E-state index in [9.17, 15) is 4.79 Å². The second-order valence-electron chi connectivity index (χ2n) is 5.61.